The summed E-state index contributed by atoms with van der Waals surface area (Å²) < 4.78 is 28.3. The summed E-state index contributed by atoms with van der Waals surface area (Å²) >= 11 is 0. The molecule has 2 heterocycles. The van der Waals surface area contributed by atoms with Gasteiger partial charge in [0, 0.05) is 39.3 Å². The molecule has 6 heteroatoms. The normalized spacial score (nSPS) is 36.2. The highest BCUT2D eigenvalue weighted by Crippen LogP contribution is 2.39. The number of nitrogens with one attached hydrogen (secondary N) is 1. The molecule has 2 atom stereocenters. The van der Waals surface area contributed by atoms with Crippen molar-refractivity contribution < 1.29 is 8.42 Å². The third-order valence-corrected chi connectivity index (χ3v) is 6.39. The van der Waals surface area contributed by atoms with Crippen molar-refractivity contribution >= 4 is 10.2 Å². The van der Waals surface area contributed by atoms with Gasteiger partial charge in [0.1, 0.15) is 0 Å². The van der Waals surface area contributed by atoms with Crippen LogP contribution in [0.4, 0.5) is 0 Å². The average molecular weight is 259 g/mol. The second-order valence-electron chi connectivity index (χ2n) is 5.42. The first-order valence-electron chi connectivity index (χ1n) is 6.64. The Balaban J connectivity index is 1.70. The molecule has 1 aliphatic carbocycles. The number of fused-ring (bicyclic) bond motifs is 1. The fourth-order valence-electron chi connectivity index (χ4n) is 3.42. The summed E-state index contributed by atoms with van der Waals surface area (Å²) in [6, 6.07) is 0. The first kappa shape index (κ1) is 11.9. The van der Waals surface area contributed by atoms with Gasteiger partial charge in [-0.3, -0.25) is 0 Å². The van der Waals surface area contributed by atoms with Crippen LogP contribution in [-0.4, -0.2) is 56.3 Å². The zero-order chi connectivity index (χ0) is 11.9. The second-order valence-corrected chi connectivity index (χ2v) is 7.35. The molecule has 0 radical (unpaired) electrons. The van der Waals surface area contributed by atoms with Crippen LogP contribution in [0.15, 0.2) is 0 Å². The van der Waals surface area contributed by atoms with E-state index in [2.05, 4.69) is 5.32 Å². The number of hydrogen-bond acceptors (Lipinski definition) is 3. The fourth-order valence-corrected chi connectivity index (χ4v) is 5.15. The number of nitrogens with zero attached hydrogens (tertiary/aromatic N) is 2. The molecule has 98 valence electrons. The van der Waals surface area contributed by atoms with E-state index in [-0.39, 0.29) is 0 Å². The molecule has 17 heavy (non-hydrogen) atoms. The van der Waals surface area contributed by atoms with Crippen LogP contribution in [0, 0.1) is 11.8 Å². The lowest BCUT2D eigenvalue weighted by atomic mass is 10.0. The van der Waals surface area contributed by atoms with Crippen LogP contribution < -0.4 is 5.32 Å². The lowest BCUT2D eigenvalue weighted by Gasteiger charge is -2.30. The molecule has 5 nitrogen and oxygen atoms in total. The van der Waals surface area contributed by atoms with Gasteiger partial charge in [0.25, 0.3) is 10.2 Å². The van der Waals surface area contributed by atoms with E-state index in [0.29, 0.717) is 24.9 Å². The Kier molecular flexibility index (Phi) is 3.15. The van der Waals surface area contributed by atoms with Crippen molar-refractivity contribution in [3.8, 4) is 0 Å². The zero-order valence-corrected chi connectivity index (χ0v) is 11.0. The van der Waals surface area contributed by atoms with Crippen molar-refractivity contribution in [2.45, 2.75) is 19.3 Å². The summed E-state index contributed by atoms with van der Waals surface area (Å²) in [4.78, 5) is 0. The van der Waals surface area contributed by atoms with Gasteiger partial charge in [-0.1, -0.05) is 6.42 Å². The predicted octanol–water partition coefficient (Wildman–Crippen LogP) is -0.132. The van der Waals surface area contributed by atoms with Crippen molar-refractivity contribution in [1.29, 1.82) is 0 Å². The van der Waals surface area contributed by atoms with Crippen LogP contribution >= 0.6 is 0 Å². The maximum Gasteiger partial charge on any atom is 0.282 e. The maximum atomic E-state index is 12.4. The van der Waals surface area contributed by atoms with Gasteiger partial charge < -0.3 is 5.32 Å². The van der Waals surface area contributed by atoms with Crippen LogP contribution in [0.1, 0.15) is 19.3 Å². The molecule has 2 unspecified atom stereocenters. The van der Waals surface area contributed by atoms with Crippen LogP contribution in [-0.2, 0) is 10.2 Å². The molecule has 0 spiro atoms. The van der Waals surface area contributed by atoms with Crippen molar-refractivity contribution in [2.24, 2.45) is 11.8 Å². The van der Waals surface area contributed by atoms with Gasteiger partial charge in [0.15, 0.2) is 0 Å². The minimum Gasteiger partial charge on any atom is -0.314 e. The molecule has 0 amide bonds. The average Bonchev–Trinajstić information content (AvgIpc) is 2.90. The van der Waals surface area contributed by atoms with E-state index in [1.165, 1.54) is 19.3 Å². The highest BCUT2D eigenvalue weighted by Gasteiger charge is 2.42. The van der Waals surface area contributed by atoms with Gasteiger partial charge >= 0.3 is 0 Å². The van der Waals surface area contributed by atoms with Crippen molar-refractivity contribution in [3.05, 3.63) is 0 Å². The van der Waals surface area contributed by atoms with E-state index in [9.17, 15) is 8.42 Å². The van der Waals surface area contributed by atoms with E-state index in [1.54, 1.807) is 8.61 Å². The minimum absolute atomic E-state index is 0.619. The van der Waals surface area contributed by atoms with Crippen LogP contribution in [0.2, 0.25) is 0 Å². The van der Waals surface area contributed by atoms with Crippen molar-refractivity contribution in [1.82, 2.24) is 13.9 Å². The Morgan fingerprint density at radius 3 is 2.12 bits per heavy atom. The predicted molar refractivity (Wildman–Crippen MR) is 65.8 cm³/mol. The summed E-state index contributed by atoms with van der Waals surface area (Å²) in [5.41, 5.74) is 0. The van der Waals surface area contributed by atoms with Crippen LogP contribution in [0.3, 0.4) is 0 Å². The number of piperazine rings is 1. The first-order chi connectivity index (χ1) is 8.18. The number of rotatable bonds is 2. The lowest BCUT2D eigenvalue weighted by Crippen LogP contribution is -2.51. The van der Waals surface area contributed by atoms with Crippen molar-refractivity contribution in [2.75, 3.05) is 39.3 Å². The smallest absolute Gasteiger partial charge is 0.282 e. The molecule has 3 aliphatic rings. The third-order valence-electron chi connectivity index (χ3n) is 4.42. The maximum absolute atomic E-state index is 12.4. The zero-order valence-electron chi connectivity index (χ0n) is 10.1. The quantitative estimate of drug-likeness (QED) is 0.751. The summed E-state index contributed by atoms with van der Waals surface area (Å²) in [7, 11) is -3.18. The van der Waals surface area contributed by atoms with E-state index in [1.807, 2.05) is 0 Å². The standard InChI is InChI=1S/C11H21N3O2S/c15-17(16,13-6-4-12-5-7-13)14-8-10-2-1-3-11(10)9-14/h10-12H,1-9H2. The Morgan fingerprint density at radius 1 is 0.941 bits per heavy atom. The first-order valence-corrected chi connectivity index (χ1v) is 8.03. The summed E-state index contributed by atoms with van der Waals surface area (Å²) in [5.74, 6) is 1.26. The second kappa shape index (κ2) is 4.50. The largest absolute Gasteiger partial charge is 0.314 e. The number of hydrogen-bond donors (Lipinski definition) is 1. The Hall–Kier alpha value is -0.170. The molecule has 3 rings (SSSR count). The minimum atomic E-state index is -3.18. The topological polar surface area (TPSA) is 52.7 Å². The lowest BCUT2D eigenvalue weighted by molar-refractivity contribution is 0.321. The Morgan fingerprint density at radius 2 is 1.53 bits per heavy atom. The molecule has 2 saturated heterocycles. The summed E-state index contributed by atoms with van der Waals surface area (Å²) in [6.07, 6.45) is 3.73. The Labute approximate surface area is 103 Å². The van der Waals surface area contributed by atoms with E-state index < -0.39 is 10.2 Å². The molecule has 0 bridgehead atoms. The van der Waals surface area contributed by atoms with Crippen LogP contribution in [0.5, 0.6) is 0 Å². The summed E-state index contributed by atoms with van der Waals surface area (Å²) in [5, 5.41) is 3.19. The van der Waals surface area contributed by atoms with Crippen LogP contribution in [0.25, 0.3) is 0 Å². The van der Waals surface area contributed by atoms with E-state index >= 15 is 0 Å². The molecule has 2 aliphatic heterocycles. The van der Waals surface area contributed by atoms with Gasteiger partial charge in [-0.05, 0) is 24.7 Å². The molecular formula is C11H21N3O2S. The van der Waals surface area contributed by atoms with Gasteiger partial charge in [-0.2, -0.15) is 17.0 Å². The highest BCUT2D eigenvalue weighted by atomic mass is 32.2. The molecular weight excluding hydrogens is 238 g/mol. The van der Waals surface area contributed by atoms with Gasteiger partial charge in [-0.25, -0.2) is 0 Å². The molecule has 0 aromatic carbocycles. The Bertz CT molecular complexity index is 366. The van der Waals surface area contributed by atoms with E-state index in [4.69, 9.17) is 0 Å². The SMILES string of the molecule is O=S(=O)(N1CCNCC1)N1CC2CCCC2C1. The fraction of sp³-hybridized carbons (Fsp3) is 1.00. The van der Waals surface area contributed by atoms with Gasteiger partial charge in [0.05, 0.1) is 0 Å². The molecule has 1 saturated carbocycles. The molecule has 1 N–H and O–H groups in total. The molecule has 0 aromatic rings. The van der Waals surface area contributed by atoms with Crippen molar-refractivity contribution in [3.63, 3.8) is 0 Å². The monoisotopic (exact) mass is 259 g/mol. The highest BCUT2D eigenvalue weighted by molar-refractivity contribution is 7.86. The van der Waals surface area contributed by atoms with E-state index in [0.717, 1.165) is 26.2 Å². The van der Waals surface area contributed by atoms with Gasteiger partial charge in [-0.15, -0.1) is 0 Å². The van der Waals surface area contributed by atoms with Gasteiger partial charge in [0.2, 0.25) is 0 Å². The molecule has 0 aromatic heterocycles. The third kappa shape index (κ3) is 2.12. The summed E-state index contributed by atoms with van der Waals surface area (Å²) in [6.45, 7) is 4.32. The molecule has 3 fully saturated rings.